The summed E-state index contributed by atoms with van der Waals surface area (Å²) in [6, 6.07) is 0. The molecule has 0 radical (unpaired) electrons. The Morgan fingerprint density at radius 2 is 1.79 bits per heavy atom. The van der Waals surface area contributed by atoms with E-state index in [-0.39, 0.29) is 18.1 Å². The second kappa shape index (κ2) is 6.26. The predicted octanol–water partition coefficient (Wildman–Crippen LogP) is 1.29. The Hall–Kier alpha value is 0.120. The summed E-state index contributed by atoms with van der Waals surface area (Å²) in [7, 11) is -3.37. The van der Waals surface area contributed by atoms with Crippen molar-refractivity contribution in [3.05, 3.63) is 0 Å². The average molecular weight is 311 g/mol. The SMILES string of the molecule is CC1CN(S(=O)(=O)N2CCCC(CCl)C2)CC(C)O1. The Morgan fingerprint density at radius 3 is 2.37 bits per heavy atom. The first-order valence-electron chi connectivity index (χ1n) is 6.90. The molecule has 0 aromatic heterocycles. The fourth-order valence-corrected chi connectivity index (χ4v) is 4.98. The number of nitrogens with zero attached hydrogens (tertiary/aromatic N) is 2. The predicted molar refractivity (Wildman–Crippen MR) is 75.5 cm³/mol. The van der Waals surface area contributed by atoms with Crippen molar-refractivity contribution in [1.29, 1.82) is 0 Å². The number of morpholine rings is 1. The Balaban J connectivity index is 2.08. The third-order valence-electron chi connectivity index (χ3n) is 3.74. The molecule has 0 aliphatic carbocycles. The smallest absolute Gasteiger partial charge is 0.282 e. The third kappa shape index (κ3) is 3.61. The van der Waals surface area contributed by atoms with Crippen LogP contribution in [0.15, 0.2) is 0 Å². The van der Waals surface area contributed by atoms with E-state index in [9.17, 15) is 8.42 Å². The highest BCUT2D eigenvalue weighted by molar-refractivity contribution is 7.86. The molecule has 2 fully saturated rings. The van der Waals surface area contributed by atoms with E-state index < -0.39 is 10.2 Å². The zero-order chi connectivity index (χ0) is 14.0. The summed E-state index contributed by atoms with van der Waals surface area (Å²) in [4.78, 5) is 0. The number of alkyl halides is 1. The quantitative estimate of drug-likeness (QED) is 0.738. The molecule has 0 amide bonds. The number of ether oxygens (including phenoxy) is 1. The van der Waals surface area contributed by atoms with Crippen molar-refractivity contribution < 1.29 is 13.2 Å². The Bertz CT molecular complexity index is 394. The molecule has 2 heterocycles. The first-order valence-corrected chi connectivity index (χ1v) is 8.83. The van der Waals surface area contributed by atoms with Crippen molar-refractivity contribution in [2.75, 3.05) is 32.1 Å². The lowest BCUT2D eigenvalue weighted by atomic mass is 10.0. The van der Waals surface area contributed by atoms with Gasteiger partial charge in [0.1, 0.15) is 0 Å². The van der Waals surface area contributed by atoms with E-state index in [4.69, 9.17) is 16.3 Å². The summed E-state index contributed by atoms with van der Waals surface area (Å²) < 4.78 is 34.0. The monoisotopic (exact) mass is 310 g/mol. The van der Waals surface area contributed by atoms with Gasteiger partial charge in [-0.25, -0.2) is 0 Å². The molecule has 0 aromatic carbocycles. The third-order valence-corrected chi connectivity index (χ3v) is 6.11. The molecule has 0 saturated carbocycles. The fraction of sp³-hybridized carbons (Fsp3) is 1.00. The van der Waals surface area contributed by atoms with Gasteiger partial charge < -0.3 is 4.74 Å². The molecule has 2 aliphatic rings. The van der Waals surface area contributed by atoms with Gasteiger partial charge in [0, 0.05) is 32.1 Å². The molecule has 2 aliphatic heterocycles. The van der Waals surface area contributed by atoms with Crippen LogP contribution in [0, 0.1) is 5.92 Å². The van der Waals surface area contributed by atoms with E-state index in [1.807, 2.05) is 13.8 Å². The largest absolute Gasteiger partial charge is 0.373 e. The molecule has 3 unspecified atom stereocenters. The van der Waals surface area contributed by atoms with Crippen LogP contribution in [-0.2, 0) is 14.9 Å². The molecule has 0 N–H and O–H groups in total. The van der Waals surface area contributed by atoms with Crippen LogP contribution >= 0.6 is 11.6 Å². The lowest BCUT2D eigenvalue weighted by Gasteiger charge is -2.39. The van der Waals surface area contributed by atoms with E-state index in [0.717, 1.165) is 12.8 Å². The molecular weight excluding hydrogens is 288 g/mol. The molecule has 0 spiro atoms. The van der Waals surface area contributed by atoms with E-state index >= 15 is 0 Å². The van der Waals surface area contributed by atoms with Gasteiger partial charge in [-0.05, 0) is 32.6 Å². The number of rotatable bonds is 3. The van der Waals surface area contributed by atoms with Gasteiger partial charge in [0.25, 0.3) is 10.2 Å². The molecule has 19 heavy (non-hydrogen) atoms. The lowest BCUT2D eigenvalue weighted by Crippen LogP contribution is -2.54. The van der Waals surface area contributed by atoms with Crippen molar-refractivity contribution in [2.24, 2.45) is 5.92 Å². The number of hydrogen-bond donors (Lipinski definition) is 0. The Morgan fingerprint density at radius 1 is 1.16 bits per heavy atom. The van der Waals surface area contributed by atoms with Gasteiger partial charge in [-0.3, -0.25) is 0 Å². The van der Waals surface area contributed by atoms with Gasteiger partial charge >= 0.3 is 0 Å². The summed E-state index contributed by atoms with van der Waals surface area (Å²) in [5.74, 6) is 0.808. The standard InChI is InChI=1S/C12H23ClN2O3S/c1-10-7-15(8-11(2)18-10)19(16,17)14-5-3-4-12(6-13)9-14/h10-12H,3-9H2,1-2H3. The van der Waals surface area contributed by atoms with Crippen molar-refractivity contribution in [1.82, 2.24) is 8.61 Å². The molecule has 5 nitrogen and oxygen atoms in total. The second-order valence-corrected chi connectivity index (χ2v) is 7.84. The fourth-order valence-electron chi connectivity index (χ4n) is 2.84. The molecule has 0 aromatic rings. The number of halogens is 1. The zero-order valence-electron chi connectivity index (χ0n) is 11.6. The van der Waals surface area contributed by atoms with Crippen LogP contribution < -0.4 is 0 Å². The molecule has 0 bridgehead atoms. The minimum atomic E-state index is -3.37. The summed E-state index contributed by atoms with van der Waals surface area (Å²) in [5, 5.41) is 0. The van der Waals surface area contributed by atoms with Crippen molar-refractivity contribution in [3.63, 3.8) is 0 Å². The van der Waals surface area contributed by atoms with Crippen molar-refractivity contribution in [2.45, 2.75) is 38.9 Å². The molecule has 3 atom stereocenters. The first-order chi connectivity index (χ1) is 8.93. The molecule has 7 heteroatoms. The van der Waals surface area contributed by atoms with Crippen LogP contribution in [0.1, 0.15) is 26.7 Å². The van der Waals surface area contributed by atoms with Gasteiger partial charge in [-0.2, -0.15) is 17.0 Å². The molecule has 2 saturated heterocycles. The average Bonchev–Trinajstić information content (AvgIpc) is 2.37. The van der Waals surface area contributed by atoms with Crippen LogP contribution in [0.5, 0.6) is 0 Å². The van der Waals surface area contributed by atoms with Crippen LogP contribution in [0.4, 0.5) is 0 Å². The van der Waals surface area contributed by atoms with Gasteiger partial charge in [0.15, 0.2) is 0 Å². The van der Waals surface area contributed by atoms with E-state index in [1.54, 1.807) is 8.61 Å². The van der Waals surface area contributed by atoms with Gasteiger partial charge in [-0.1, -0.05) is 0 Å². The summed E-state index contributed by atoms with van der Waals surface area (Å²) in [5.41, 5.74) is 0. The lowest BCUT2D eigenvalue weighted by molar-refractivity contribution is -0.0457. The maximum atomic E-state index is 12.6. The minimum absolute atomic E-state index is 0.0489. The maximum Gasteiger partial charge on any atom is 0.282 e. The summed E-state index contributed by atoms with van der Waals surface area (Å²) in [6.07, 6.45) is 1.82. The summed E-state index contributed by atoms with van der Waals surface area (Å²) >= 11 is 5.87. The summed E-state index contributed by atoms with van der Waals surface area (Å²) in [6.45, 7) is 5.86. The first kappa shape index (κ1) is 15.5. The van der Waals surface area contributed by atoms with Gasteiger partial charge in [-0.15, -0.1) is 11.6 Å². The van der Waals surface area contributed by atoms with E-state index in [2.05, 4.69) is 0 Å². The Labute approximate surface area is 121 Å². The van der Waals surface area contributed by atoms with Crippen LogP contribution in [0.2, 0.25) is 0 Å². The van der Waals surface area contributed by atoms with Crippen LogP contribution in [0.3, 0.4) is 0 Å². The van der Waals surface area contributed by atoms with Crippen molar-refractivity contribution >= 4 is 21.8 Å². The zero-order valence-corrected chi connectivity index (χ0v) is 13.2. The van der Waals surface area contributed by atoms with Crippen LogP contribution in [-0.4, -0.2) is 61.3 Å². The number of hydrogen-bond acceptors (Lipinski definition) is 3. The molecule has 112 valence electrons. The normalized spacial score (nSPS) is 35.4. The highest BCUT2D eigenvalue weighted by Crippen LogP contribution is 2.24. The molecule has 2 rings (SSSR count). The van der Waals surface area contributed by atoms with Gasteiger partial charge in [0.05, 0.1) is 12.2 Å². The van der Waals surface area contributed by atoms with Crippen molar-refractivity contribution in [3.8, 4) is 0 Å². The topological polar surface area (TPSA) is 49.9 Å². The maximum absolute atomic E-state index is 12.6. The highest BCUT2D eigenvalue weighted by Gasteiger charge is 2.37. The van der Waals surface area contributed by atoms with Crippen LogP contribution in [0.25, 0.3) is 0 Å². The number of piperidine rings is 1. The van der Waals surface area contributed by atoms with Gasteiger partial charge in [0.2, 0.25) is 0 Å². The highest BCUT2D eigenvalue weighted by atomic mass is 35.5. The van der Waals surface area contributed by atoms with E-state index in [0.29, 0.717) is 32.1 Å². The molecular formula is C12H23ClN2O3S. The minimum Gasteiger partial charge on any atom is -0.373 e. The van der Waals surface area contributed by atoms with E-state index in [1.165, 1.54) is 0 Å². The Kier molecular flexibility index (Phi) is 5.11. The second-order valence-electron chi connectivity index (χ2n) is 5.60.